The van der Waals surface area contributed by atoms with Gasteiger partial charge in [-0.05, 0) is 25.3 Å². The maximum atomic E-state index is 11.7. The summed E-state index contributed by atoms with van der Waals surface area (Å²) < 4.78 is 18.2. The Morgan fingerprint density at radius 1 is 1.36 bits per heavy atom. The van der Waals surface area contributed by atoms with E-state index < -0.39 is 29.0 Å². The van der Waals surface area contributed by atoms with Crippen LogP contribution in [0.15, 0.2) is 54.6 Å². The molecule has 0 unspecified atom stereocenters. The zero-order valence-corrected chi connectivity index (χ0v) is 17.1. The summed E-state index contributed by atoms with van der Waals surface area (Å²) in [4.78, 5) is 11.5. The van der Waals surface area contributed by atoms with Crippen LogP contribution in [0.3, 0.4) is 0 Å². The number of esters is 1. The molecule has 1 saturated heterocycles. The second kappa shape index (κ2) is 7.47. The van der Waals surface area contributed by atoms with Crippen LogP contribution in [0.4, 0.5) is 0 Å². The van der Waals surface area contributed by atoms with Crippen LogP contribution in [0.2, 0.25) is 0 Å². The first-order valence-corrected chi connectivity index (χ1v) is 9.70. The van der Waals surface area contributed by atoms with Gasteiger partial charge in [0.15, 0.2) is 6.29 Å². The molecule has 152 valence electrons. The minimum Gasteiger partial charge on any atom is -0.463 e. The molecule has 0 amide bonds. The quantitative estimate of drug-likeness (QED) is 0.610. The van der Waals surface area contributed by atoms with Gasteiger partial charge in [-0.1, -0.05) is 56.3 Å². The molecule has 2 aliphatic rings. The second-order valence-corrected chi connectivity index (χ2v) is 8.25. The lowest BCUT2D eigenvalue weighted by molar-refractivity contribution is -0.200. The third-order valence-corrected chi connectivity index (χ3v) is 6.53. The largest absolute Gasteiger partial charge is 0.463 e. The highest BCUT2D eigenvalue weighted by molar-refractivity contribution is 5.65. The van der Waals surface area contributed by atoms with Crippen molar-refractivity contribution in [3.8, 4) is 0 Å². The van der Waals surface area contributed by atoms with Gasteiger partial charge in [-0.25, -0.2) is 0 Å². The highest BCUT2D eigenvalue weighted by Gasteiger charge is 2.67. The van der Waals surface area contributed by atoms with Crippen LogP contribution >= 0.6 is 0 Å². The summed E-state index contributed by atoms with van der Waals surface area (Å²) in [6.07, 6.45) is 3.57. The predicted octanol–water partition coefficient (Wildman–Crippen LogP) is 4.09. The fourth-order valence-electron chi connectivity index (χ4n) is 4.60. The standard InChI is InChI=1S/C23H30O5/c1-6-13-22(25)16(2)12-14-23(21(22,4)5)19(15-26-17(3)24)27-20(28-23)18-10-8-7-9-11-18/h6-12,19-20,25H,1,13-15H2,2-5H3/t19-,20-,22-,23+/m0/s1. The Balaban J connectivity index is 2.05. The molecule has 0 bridgehead atoms. The molecule has 0 aromatic heterocycles. The first-order chi connectivity index (χ1) is 13.2. The monoisotopic (exact) mass is 386 g/mol. The van der Waals surface area contributed by atoms with Crippen LogP contribution in [0.25, 0.3) is 0 Å². The SMILES string of the molecule is C=CC[C@]1(O)C(C)=CC[C@]2(O[C@@H](c3ccccc3)O[C@H]2COC(C)=O)C1(C)C. The molecule has 1 N–H and O–H groups in total. The summed E-state index contributed by atoms with van der Waals surface area (Å²) in [5, 5.41) is 11.7. The third-order valence-electron chi connectivity index (χ3n) is 6.53. The first kappa shape index (κ1) is 20.8. The van der Waals surface area contributed by atoms with Gasteiger partial charge in [0.05, 0.1) is 5.60 Å². The normalized spacial score (nSPS) is 34.1. The van der Waals surface area contributed by atoms with Gasteiger partial charge in [0, 0.05) is 17.9 Å². The van der Waals surface area contributed by atoms with E-state index in [4.69, 9.17) is 14.2 Å². The zero-order valence-electron chi connectivity index (χ0n) is 17.1. The van der Waals surface area contributed by atoms with E-state index in [1.54, 1.807) is 6.08 Å². The van der Waals surface area contributed by atoms with E-state index in [2.05, 4.69) is 6.58 Å². The Morgan fingerprint density at radius 3 is 2.64 bits per heavy atom. The fraction of sp³-hybridized carbons (Fsp3) is 0.522. The molecule has 1 aromatic rings. The number of benzene rings is 1. The Hall–Kier alpha value is -1.95. The molecule has 0 radical (unpaired) electrons. The maximum absolute atomic E-state index is 11.7. The summed E-state index contributed by atoms with van der Waals surface area (Å²) in [7, 11) is 0. The molecule has 5 nitrogen and oxygen atoms in total. The second-order valence-electron chi connectivity index (χ2n) is 8.25. The van der Waals surface area contributed by atoms with Crippen molar-refractivity contribution >= 4 is 5.97 Å². The molecule has 1 heterocycles. The van der Waals surface area contributed by atoms with Crippen LogP contribution in [0, 0.1) is 5.41 Å². The van der Waals surface area contributed by atoms with Crippen molar-refractivity contribution < 1.29 is 24.1 Å². The number of rotatable bonds is 5. The van der Waals surface area contributed by atoms with Gasteiger partial charge in [-0.2, -0.15) is 0 Å². The van der Waals surface area contributed by atoms with Crippen molar-refractivity contribution in [2.45, 2.75) is 64.1 Å². The van der Waals surface area contributed by atoms with Gasteiger partial charge in [0.2, 0.25) is 0 Å². The minimum atomic E-state index is -1.14. The van der Waals surface area contributed by atoms with Gasteiger partial charge in [0.1, 0.15) is 18.3 Å². The Labute approximate surface area is 167 Å². The summed E-state index contributed by atoms with van der Waals surface area (Å²) in [6, 6.07) is 9.68. The molecule has 5 heteroatoms. The van der Waals surface area contributed by atoms with Gasteiger partial charge >= 0.3 is 5.97 Å². The topological polar surface area (TPSA) is 65.0 Å². The van der Waals surface area contributed by atoms with Gasteiger partial charge in [-0.15, -0.1) is 6.58 Å². The molecule has 1 aromatic carbocycles. The van der Waals surface area contributed by atoms with Gasteiger partial charge in [0.25, 0.3) is 0 Å². The summed E-state index contributed by atoms with van der Waals surface area (Å²) in [5.41, 5.74) is -0.944. The first-order valence-electron chi connectivity index (χ1n) is 9.70. The number of carbonyl (C=O) groups is 1. The summed E-state index contributed by atoms with van der Waals surface area (Å²) >= 11 is 0. The molecule has 3 rings (SSSR count). The number of carbonyl (C=O) groups excluding carboxylic acids is 1. The molecule has 28 heavy (non-hydrogen) atoms. The van der Waals surface area contributed by atoms with Gasteiger partial charge in [-0.3, -0.25) is 4.79 Å². The molecule has 1 fully saturated rings. The number of hydrogen-bond donors (Lipinski definition) is 1. The molecular weight excluding hydrogens is 356 g/mol. The summed E-state index contributed by atoms with van der Waals surface area (Å²) in [5.74, 6) is -0.372. The Morgan fingerprint density at radius 2 is 2.04 bits per heavy atom. The zero-order chi connectivity index (χ0) is 20.6. The number of ether oxygens (including phenoxy) is 3. The van der Waals surface area contributed by atoms with Crippen molar-refractivity contribution in [1.29, 1.82) is 0 Å². The highest BCUT2D eigenvalue weighted by Crippen LogP contribution is 2.59. The number of hydrogen-bond acceptors (Lipinski definition) is 5. The van der Waals surface area contributed by atoms with Gasteiger partial charge < -0.3 is 19.3 Å². The van der Waals surface area contributed by atoms with Crippen molar-refractivity contribution in [2.75, 3.05) is 6.61 Å². The lowest BCUT2D eigenvalue weighted by atomic mass is 9.54. The van der Waals surface area contributed by atoms with Crippen LogP contribution in [0.5, 0.6) is 0 Å². The third kappa shape index (κ3) is 3.11. The lowest BCUT2D eigenvalue weighted by Gasteiger charge is -2.56. The van der Waals surface area contributed by atoms with E-state index in [1.165, 1.54) is 6.92 Å². The van der Waals surface area contributed by atoms with E-state index in [-0.39, 0.29) is 12.6 Å². The van der Waals surface area contributed by atoms with Crippen molar-refractivity contribution in [1.82, 2.24) is 0 Å². The Kier molecular flexibility index (Phi) is 5.54. The molecular formula is C23H30O5. The molecule has 0 saturated carbocycles. The van der Waals surface area contributed by atoms with E-state index in [1.807, 2.05) is 57.2 Å². The average molecular weight is 386 g/mol. The molecule has 4 atom stereocenters. The molecule has 1 spiro atoms. The fourth-order valence-corrected chi connectivity index (χ4v) is 4.60. The van der Waals surface area contributed by atoms with Crippen LogP contribution in [-0.2, 0) is 19.0 Å². The average Bonchev–Trinajstić information content (AvgIpc) is 3.04. The summed E-state index contributed by atoms with van der Waals surface area (Å²) in [6.45, 7) is 11.2. The van der Waals surface area contributed by atoms with E-state index in [0.29, 0.717) is 12.8 Å². The minimum absolute atomic E-state index is 0.0686. The van der Waals surface area contributed by atoms with Crippen LogP contribution in [-0.4, -0.2) is 35.0 Å². The van der Waals surface area contributed by atoms with Crippen molar-refractivity contribution in [3.63, 3.8) is 0 Å². The maximum Gasteiger partial charge on any atom is 0.302 e. The van der Waals surface area contributed by atoms with E-state index in [0.717, 1.165) is 11.1 Å². The lowest BCUT2D eigenvalue weighted by Crippen LogP contribution is -2.65. The van der Waals surface area contributed by atoms with Crippen LogP contribution < -0.4 is 0 Å². The Bertz CT molecular complexity index is 768. The molecule has 1 aliphatic carbocycles. The number of aliphatic hydroxyl groups is 1. The highest BCUT2D eigenvalue weighted by atomic mass is 16.7. The molecule has 1 aliphatic heterocycles. The van der Waals surface area contributed by atoms with Crippen molar-refractivity contribution in [2.24, 2.45) is 5.41 Å². The van der Waals surface area contributed by atoms with Crippen LogP contribution in [0.1, 0.15) is 52.4 Å². The van der Waals surface area contributed by atoms with E-state index in [9.17, 15) is 9.90 Å². The predicted molar refractivity (Wildman–Crippen MR) is 106 cm³/mol. The van der Waals surface area contributed by atoms with Crippen molar-refractivity contribution in [3.05, 3.63) is 60.2 Å². The smallest absolute Gasteiger partial charge is 0.302 e. The van der Waals surface area contributed by atoms with E-state index >= 15 is 0 Å².